The molecule has 1 saturated carbocycles. The van der Waals surface area contributed by atoms with Gasteiger partial charge in [-0.25, -0.2) is 0 Å². The zero-order valence-corrected chi connectivity index (χ0v) is 19.4. The minimum Gasteiger partial charge on any atom is -0.465 e. The Bertz CT molecular complexity index is 837. The number of benzene rings is 2. The SMILES string of the molecule is CC.CCOC(=O)C(C#N)C1(c2ccc(Cl)cc2)CCC(OCc2ccccc2)CC1. The summed E-state index contributed by atoms with van der Waals surface area (Å²) < 4.78 is 11.4. The topological polar surface area (TPSA) is 59.3 Å². The molecule has 3 rings (SSSR count). The molecule has 166 valence electrons. The monoisotopic (exact) mass is 441 g/mol. The normalized spacial score (nSPS) is 21.2. The molecule has 31 heavy (non-hydrogen) atoms. The Hall–Kier alpha value is -2.35. The molecule has 2 aromatic rings. The number of ether oxygens (including phenoxy) is 2. The van der Waals surface area contributed by atoms with Gasteiger partial charge in [0.05, 0.1) is 25.4 Å². The van der Waals surface area contributed by atoms with Crippen LogP contribution in [-0.2, 0) is 26.3 Å². The van der Waals surface area contributed by atoms with Crippen molar-refractivity contribution in [3.8, 4) is 6.07 Å². The van der Waals surface area contributed by atoms with Crippen LogP contribution in [0.15, 0.2) is 54.6 Å². The number of nitrogens with zero attached hydrogens (tertiary/aromatic N) is 1. The molecule has 1 unspecified atom stereocenters. The number of esters is 1. The second-order valence-corrected chi connectivity index (χ2v) is 7.91. The van der Waals surface area contributed by atoms with Crippen LogP contribution in [0.1, 0.15) is 57.6 Å². The highest BCUT2D eigenvalue weighted by atomic mass is 35.5. The summed E-state index contributed by atoms with van der Waals surface area (Å²) in [4.78, 5) is 12.6. The summed E-state index contributed by atoms with van der Waals surface area (Å²) in [6.07, 6.45) is 3.05. The van der Waals surface area contributed by atoms with Crippen LogP contribution in [0.2, 0.25) is 5.02 Å². The second kappa shape index (κ2) is 12.5. The lowest BCUT2D eigenvalue weighted by atomic mass is 9.62. The highest BCUT2D eigenvalue weighted by molar-refractivity contribution is 6.30. The first kappa shape index (κ1) is 24.9. The Morgan fingerprint density at radius 1 is 1.13 bits per heavy atom. The van der Waals surface area contributed by atoms with E-state index in [0.29, 0.717) is 24.5 Å². The Morgan fingerprint density at radius 3 is 2.29 bits per heavy atom. The van der Waals surface area contributed by atoms with Crippen LogP contribution in [0.25, 0.3) is 0 Å². The van der Waals surface area contributed by atoms with E-state index >= 15 is 0 Å². The molecule has 0 spiro atoms. The molecule has 1 fully saturated rings. The fraction of sp³-hybridized carbons (Fsp3) is 0.462. The van der Waals surface area contributed by atoms with E-state index in [1.807, 2.05) is 68.4 Å². The summed E-state index contributed by atoms with van der Waals surface area (Å²) in [6, 6.07) is 19.8. The van der Waals surface area contributed by atoms with Crippen LogP contribution in [-0.4, -0.2) is 18.7 Å². The van der Waals surface area contributed by atoms with E-state index in [0.717, 1.165) is 24.0 Å². The average molecular weight is 442 g/mol. The van der Waals surface area contributed by atoms with Crippen LogP contribution in [0, 0.1) is 17.2 Å². The first-order valence-corrected chi connectivity index (χ1v) is 11.4. The molecular formula is C26H32ClNO3. The Balaban J connectivity index is 0.00000166. The molecule has 2 aromatic carbocycles. The van der Waals surface area contributed by atoms with Crippen molar-refractivity contribution in [2.24, 2.45) is 5.92 Å². The maximum absolute atomic E-state index is 12.6. The maximum atomic E-state index is 12.6. The van der Waals surface area contributed by atoms with Gasteiger partial charge >= 0.3 is 5.97 Å². The van der Waals surface area contributed by atoms with Crippen molar-refractivity contribution in [1.82, 2.24) is 0 Å². The van der Waals surface area contributed by atoms with Gasteiger partial charge in [-0.1, -0.05) is 67.9 Å². The largest absolute Gasteiger partial charge is 0.465 e. The highest BCUT2D eigenvalue weighted by Crippen LogP contribution is 2.46. The Labute approximate surface area is 191 Å². The van der Waals surface area contributed by atoms with E-state index in [2.05, 4.69) is 6.07 Å². The summed E-state index contributed by atoms with van der Waals surface area (Å²) in [7, 11) is 0. The number of rotatable bonds is 7. The third kappa shape index (κ3) is 6.32. The summed E-state index contributed by atoms with van der Waals surface area (Å²) in [5.41, 5.74) is 1.52. The van der Waals surface area contributed by atoms with Crippen LogP contribution in [0.5, 0.6) is 0 Å². The molecule has 1 atom stereocenters. The van der Waals surface area contributed by atoms with Crippen LogP contribution in [0.4, 0.5) is 0 Å². The van der Waals surface area contributed by atoms with E-state index in [4.69, 9.17) is 21.1 Å². The number of halogens is 1. The van der Waals surface area contributed by atoms with Gasteiger partial charge in [0, 0.05) is 10.4 Å². The van der Waals surface area contributed by atoms with Crippen LogP contribution >= 0.6 is 11.6 Å². The van der Waals surface area contributed by atoms with E-state index < -0.39 is 17.3 Å². The van der Waals surface area contributed by atoms with E-state index in [1.54, 1.807) is 6.92 Å². The predicted molar refractivity (Wildman–Crippen MR) is 124 cm³/mol. The van der Waals surface area contributed by atoms with Crippen molar-refractivity contribution in [2.45, 2.75) is 64.6 Å². The van der Waals surface area contributed by atoms with Crippen molar-refractivity contribution in [2.75, 3.05) is 6.61 Å². The molecule has 0 radical (unpaired) electrons. The van der Waals surface area contributed by atoms with Crippen molar-refractivity contribution in [3.05, 3.63) is 70.7 Å². The molecule has 5 heteroatoms. The molecule has 0 heterocycles. The van der Waals surface area contributed by atoms with Gasteiger partial charge < -0.3 is 9.47 Å². The number of hydrogen-bond acceptors (Lipinski definition) is 4. The lowest BCUT2D eigenvalue weighted by Crippen LogP contribution is -2.44. The smallest absolute Gasteiger partial charge is 0.324 e. The van der Waals surface area contributed by atoms with Crippen LogP contribution in [0.3, 0.4) is 0 Å². The standard InChI is InChI=1S/C24H26ClNO3.C2H6/c1-2-28-23(27)22(16-26)24(19-8-10-20(25)11-9-19)14-12-21(13-15-24)29-17-18-6-4-3-5-7-18;1-2/h3-11,21-22H,2,12-15,17H2,1H3;1-2H3. The van der Waals surface area contributed by atoms with E-state index in [-0.39, 0.29) is 12.7 Å². The number of hydrogen-bond donors (Lipinski definition) is 0. The lowest BCUT2D eigenvalue weighted by Gasteiger charge is -2.42. The molecule has 1 aliphatic rings. The maximum Gasteiger partial charge on any atom is 0.324 e. The third-order valence-electron chi connectivity index (χ3n) is 5.78. The van der Waals surface area contributed by atoms with Gasteiger partial charge in [-0.15, -0.1) is 0 Å². The Morgan fingerprint density at radius 2 is 1.74 bits per heavy atom. The number of carbonyl (C=O) groups is 1. The fourth-order valence-corrected chi connectivity index (χ4v) is 4.34. The molecule has 0 aromatic heterocycles. The first-order valence-electron chi connectivity index (χ1n) is 11.1. The summed E-state index contributed by atoms with van der Waals surface area (Å²) in [6.45, 7) is 6.59. The predicted octanol–water partition coefficient (Wildman–Crippen LogP) is 6.47. The van der Waals surface area contributed by atoms with Crippen molar-refractivity contribution < 1.29 is 14.3 Å². The quantitative estimate of drug-likeness (QED) is 0.462. The third-order valence-corrected chi connectivity index (χ3v) is 6.03. The Kier molecular flexibility index (Phi) is 10.0. The van der Waals surface area contributed by atoms with Crippen molar-refractivity contribution >= 4 is 17.6 Å². The molecular weight excluding hydrogens is 410 g/mol. The molecule has 1 aliphatic carbocycles. The molecule has 0 N–H and O–H groups in total. The van der Waals surface area contributed by atoms with Crippen molar-refractivity contribution in [3.63, 3.8) is 0 Å². The fourth-order valence-electron chi connectivity index (χ4n) is 4.21. The van der Waals surface area contributed by atoms with E-state index in [9.17, 15) is 10.1 Å². The minimum atomic E-state index is -0.848. The van der Waals surface area contributed by atoms with Gasteiger partial charge in [-0.2, -0.15) is 5.26 Å². The molecule has 0 amide bonds. The van der Waals surface area contributed by atoms with Gasteiger partial charge in [0.1, 0.15) is 0 Å². The summed E-state index contributed by atoms with van der Waals surface area (Å²) in [5, 5.41) is 10.5. The summed E-state index contributed by atoms with van der Waals surface area (Å²) >= 11 is 6.07. The first-order chi connectivity index (χ1) is 15.1. The average Bonchev–Trinajstić information content (AvgIpc) is 2.81. The van der Waals surface area contributed by atoms with Crippen LogP contribution < -0.4 is 0 Å². The highest BCUT2D eigenvalue weighted by Gasteiger charge is 2.48. The molecule has 0 saturated heterocycles. The zero-order valence-electron chi connectivity index (χ0n) is 18.6. The number of carbonyl (C=O) groups excluding carboxylic acids is 1. The summed E-state index contributed by atoms with van der Waals surface area (Å²) in [5.74, 6) is -1.30. The van der Waals surface area contributed by atoms with Gasteiger partial charge in [-0.05, 0) is 55.9 Å². The molecule has 4 nitrogen and oxygen atoms in total. The lowest BCUT2D eigenvalue weighted by molar-refractivity contribution is -0.149. The number of nitriles is 1. The molecule has 0 bridgehead atoms. The van der Waals surface area contributed by atoms with Crippen molar-refractivity contribution in [1.29, 1.82) is 5.26 Å². The minimum absolute atomic E-state index is 0.108. The van der Waals surface area contributed by atoms with E-state index in [1.165, 1.54) is 0 Å². The van der Waals surface area contributed by atoms with Gasteiger partial charge in [-0.3, -0.25) is 4.79 Å². The van der Waals surface area contributed by atoms with Gasteiger partial charge in [0.15, 0.2) is 5.92 Å². The zero-order chi connectivity index (χ0) is 22.7. The molecule has 0 aliphatic heterocycles. The van der Waals surface area contributed by atoms with Gasteiger partial charge in [0.2, 0.25) is 0 Å². The second-order valence-electron chi connectivity index (χ2n) is 7.47. The van der Waals surface area contributed by atoms with Gasteiger partial charge in [0.25, 0.3) is 0 Å².